The number of nitrogens with one attached hydrogen (secondary N) is 1. The molecule has 1 rings (SSSR count). The van der Waals surface area contributed by atoms with E-state index in [1.54, 1.807) is 12.5 Å². The molecule has 0 aromatic carbocycles. The lowest BCUT2D eigenvalue weighted by molar-refractivity contribution is -0.118. The van der Waals surface area contributed by atoms with Crippen LogP contribution < -0.4 is 11.1 Å². The fourth-order valence-corrected chi connectivity index (χ4v) is 1.93. The lowest BCUT2D eigenvalue weighted by Gasteiger charge is -2.12. The topological polar surface area (TPSA) is 72.9 Å². The van der Waals surface area contributed by atoms with Crippen molar-refractivity contribution in [2.75, 3.05) is 6.54 Å². The molecular formula is C11H18N4OS. The predicted octanol–water partition coefficient (Wildman–Crippen LogP) is 0.702. The Hall–Kier alpha value is -1.43. The molecule has 94 valence electrons. The monoisotopic (exact) mass is 254 g/mol. The predicted molar refractivity (Wildman–Crippen MR) is 70.4 cm³/mol. The van der Waals surface area contributed by atoms with Crippen molar-refractivity contribution in [2.24, 2.45) is 11.7 Å². The van der Waals surface area contributed by atoms with Crippen LogP contribution in [0.2, 0.25) is 0 Å². The smallest absolute Gasteiger partial charge is 0.217 e. The van der Waals surface area contributed by atoms with E-state index in [0.29, 0.717) is 12.8 Å². The fraction of sp³-hybridized carbons (Fsp3) is 0.545. The highest BCUT2D eigenvalue weighted by atomic mass is 32.1. The first-order valence-electron chi connectivity index (χ1n) is 5.58. The zero-order chi connectivity index (χ0) is 12.7. The Bertz CT molecular complexity index is 364. The van der Waals surface area contributed by atoms with E-state index >= 15 is 0 Å². The van der Waals surface area contributed by atoms with Crippen molar-refractivity contribution in [3.05, 3.63) is 18.7 Å². The Morgan fingerprint density at radius 2 is 2.35 bits per heavy atom. The van der Waals surface area contributed by atoms with Gasteiger partial charge in [0.2, 0.25) is 5.91 Å². The minimum atomic E-state index is -0.279. The van der Waals surface area contributed by atoms with Gasteiger partial charge >= 0.3 is 0 Å². The Balaban J connectivity index is 2.14. The molecule has 1 heterocycles. The number of nitrogens with zero attached hydrogens (tertiary/aromatic N) is 2. The van der Waals surface area contributed by atoms with Crippen LogP contribution in [0.3, 0.4) is 0 Å². The summed E-state index contributed by atoms with van der Waals surface area (Å²) in [6.45, 7) is 3.55. The van der Waals surface area contributed by atoms with Crippen LogP contribution in [-0.2, 0) is 11.3 Å². The van der Waals surface area contributed by atoms with Crippen molar-refractivity contribution < 1.29 is 4.79 Å². The molecule has 0 aliphatic carbocycles. The zero-order valence-corrected chi connectivity index (χ0v) is 10.7. The molecule has 0 fully saturated rings. The number of hydrogen-bond acceptors (Lipinski definition) is 3. The summed E-state index contributed by atoms with van der Waals surface area (Å²) >= 11 is 5.19. The van der Waals surface area contributed by atoms with Gasteiger partial charge in [0.25, 0.3) is 0 Å². The number of amides is 1. The average Bonchev–Trinajstić information content (AvgIpc) is 2.68. The Kier molecular flexibility index (Phi) is 5.62. The molecule has 1 aromatic rings. The summed E-state index contributed by atoms with van der Waals surface area (Å²) in [4.78, 5) is 15.4. The van der Waals surface area contributed by atoms with Gasteiger partial charge in [-0.25, -0.2) is 4.98 Å². The molecule has 1 atom stereocenters. The van der Waals surface area contributed by atoms with E-state index in [2.05, 4.69) is 10.3 Å². The number of thiocarbonyl (C=S) groups is 1. The third kappa shape index (κ3) is 6.01. The molecule has 3 N–H and O–H groups in total. The first-order chi connectivity index (χ1) is 8.08. The van der Waals surface area contributed by atoms with Gasteiger partial charge < -0.3 is 15.6 Å². The van der Waals surface area contributed by atoms with E-state index in [1.165, 1.54) is 0 Å². The van der Waals surface area contributed by atoms with Crippen LogP contribution in [-0.4, -0.2) is 27.0 Å². The van der Waals surface area contributed by atoms with Gasteiger partial charge in [-0.15, -0.1) is 0 Å². The SMILES string of the molecule is C[C@H](CC(N)=O)CC(=S)NCCn1ccnc1. The summed E-state index contributed by atoms with van der Waals surface area (Å²) in [5, 5.41) is 3.16. The highest BCUT2D eigenvalue weighted by molar-refractivity contribution is 7.80. The van der Waals surface area contributed by atoms with E-state index in [-0.39, 0.29) is 11.8 Å². The summed E-state index contributed by atoms with van der Waals surface area (Å²) in [6.07, 6.45) is 6.49. The number of rotatable bonds is 7. The van der Waals surface area contributed by atoms with Crippen molar-refractivity contribution in [1.29, 1.82) is 0 Å². The van der Waals surface area contributed by atoms with Gasteiger partial charge in [-0.05, 0) is 5.92 Å². The molecular weight excluding hydrogens is 236 g/mol. The molecule has 0 bridgehead atoms. The molecule has 0 aliphatic heterocycles. The van der Waals surface area contributed by atoms with Gasteiger partial charge in [-0.2, -0.15) is 0 Å². The van der Waals surface area contributed by atoms with Gasteiger partial charge in [0.05, 0.1) is 11.3 Å². The van der Waals surface area contributed by atoms with Gasteiger partial charge in [0.1, 0.15) is 0 Å². The molecule has 17 heavy (non-hydrogen) atoms. The van der Waals surface area contributed by atoms with Crippen LogP contribution in [0, 0.1) is 5.92 Å². The number of imidazole rings is 1. The largest absolute Gasteiger partial charge is 0.378 e. The van der Waals surface area contributed by atoms with E-state index in [0.717, 1.165) is 18.1 Å². The van der Waals surface area contributed by atoms with Crippen LogP contribution in [0.25, 0.3) is 0 Å². The van der Waals surface area contributed by atoms with Crippen molar-refractivity contribution in [2.45, 2.75) is 26.3 Å². The molecule has 0 spiro atoms. The molecule has 6 heteroatoms. The summed E-state index contributed by atoms with van der Waals surface area (Å²) in [5.41, 5.74) is 5.12. The van der Waals surface area contributed by atoms with Gasteiger partial charge in [0, 0.05) is 38.3 Å². The Morgan fingerprint density at radius 1 is 1.59 bits per heavy atom. The number of primary amides is 1. The normalized spacial score (nSPS) is 12.1. The second-order valence-corrected chi connectivity index (χ2v) is 4.62. The third-order valence-electron chi connectivity index (χ3n) is 2.33. The van der Waals surface area contributed by atoms with Crippen LogP contribution >= 0.6 is 12.2 Å². The molecule has 5 nitrogen and oxygen atoms in total. The second kappa shape index (κ2) is 7.01. The summed E-state index contributed by atoms with van der Waals surface area (Å²) in [6, 6.07) is 0. The molecule has 1 aromatic heterocycles. The second-order valence-electron chi connectivity index (χ2n) is 4.13. The molecule has 0 radical (unpaired) electrons. The van der Waals surface area contributed by atoms with Crippen molar-refractivity contribution in [3.63, 3.8) is 0 Å². The minimum Gasteiger partial charge on any atom is -0.378 e. The Labute approximate surface area is 106 Å². The average molecular weight is 254 g/mol. The molecule has 0 aliphatic rings. The maximum absolute atomic E-state index is 10.7. The lowest BCUT2D eigenvalue weighted by Crippen LogP contribution is -2.27. The maximum Gasteiger partial charge on any atom is 0.217 e. The molecule has 1 amide bonds. The van der Waals surface area contributed by atoms with E-state index < -0.39 is 0 Å². The molecule has 0 saturated carbocycles. The summed E-state index contributed by atoms with van der Waals surface area (Å²) in [5.74, 6) is -0.0838. The highest BCUT2D eigenvalue weighted by Gasteiger charge is 2.08. The van der Waals surface area contributed by atoms with Crippen molar-refractivity contribution in [3.8, 4) is 0 Å². The first kappa shape index (κ1) is 13.6. The zero-order valence-electron chi connectivity index (χ0n) is 9.93. The Morgan fingerprint density at radius 3 is 2.94 bits per heavy atom. The van der Waals surface area contributed by atoms with E-state index in [9.17, 15) is 4.79 Å². The summed E-state index contributed by atoms with van der Waals surface area (Å²) in [7, 11) is 0. The highest BCUT2D eigenvalue weighted by Crippen LogP contribution is 2.06. The quantitative estimate of drug-likeness (QED) is 0.703. The summed E-state index contributed by atoms with van der Waals surface area (Å²) < 4.78 is 1.97. The van der Waals surface area contributed by atoms with Crippen molar-refractivity contribution >= 4 is 23.1 Å². The van der Waals surface area contributed by atoms with Gasteiger partial charge in [0.15, 0.2) is 0 Å². The first-order valence-corrected chi connectivity index (χ1v) is 5.99. The number of hydrogen-bond donors (Lipinski definition) is 2. The third-order valence-corrected chi connectivity index (χ3v) is 2.65. The van der Waals surface area contributed by atoms with Crippen molar-refractivity contribution in [1.82, 2.24) is 14.9 Å². The maximum atomic E-state index is 10.7. The molecule has 0 saturated heterocycles. The molecule has 0 unspecified atom stereocenters. The fourth-order valence-electron chi connectivity index (χ4n) is 1.55. The van der Waals surface area contributed by atoms with Crippen LogP contribution in [0.15, 0.2) is 18.7 Å². The van der Waals surface area contributed by atoms with Gasteiger partial charge in [-0.3, -0.25) is 4.79 Å². The standard InChI is InChI=1S/C11H18N4OS/c1-9(6-10(12)16)7-11(17)14-3-5-15-4-2-13-8-15/h2,4,8-9H,3,5-7H2,1H3,(H2,12,16)(H,14,17)/t9-/m1/s1. The number of aromatic nitrogens is 2. The number of nitrogens with two attached hydrogens (primary N) is 1. The lowest BCUT2D eigenvalue weighted by atomic mass is 10.0. The van der Waals surface area contributed by atoms with Gasteiger partial charge in [-0.1, -0.05) is 19.1 Å². The minimum absolute atomic E-state index is 0.195. The number of carbonyl (C=O) groups is 1. The van der Waals surface area contributed by atoms with Crippen LogP contribution in [0.1, 0.15) is 19.8 Å². The van der Waals surface area contributed by atoms with E-state index in [1.807, 2.05) is 17.7 Å². The van der Waals surface area contributed by atoms with Crippen LogP contribution in [0.4, 0.5) is 0 Å². The van der Waals surface area contributed by atoms with Crippen LogP contribution in [0.5, 0.6) is 0 Å². The number of carbonyl (C=O) groups excluding carboxylic acids is 1. The van der Waals surface area contributed by atoms with E-state index in [4.69, 9.17) is 18.0 Å².